The molecule has 0 aliphatic heterocycles. The summed E-state index contributed by atoms with van der Waals surface area (Å²) in [7, 11) is 0. The molecular formula is C7H8ClNS. The van der Waals surface area contributed by atoms with Crippen molar-refractivity contribution >= 4 is 23.4 Å². The highest BCUT2D eigenvalue weighted by atomic mass is 35.5. The molecule has 1 nitrogen and oxygen atoms in total. The Hall–Kier alpha value is -0.210. The van der Waals surface area contributed by atoms with E-state index in [1.165, 1.54) is 0 Å². The lowest BCUT2D eigenvalue weighted by atomic mass is 10.3. The quantitative estimate of drug-likeness (QED) is 0.606. The van der Waals surface area contributed by atoms with Crippen LogP contribution >= 0.6 is 23.4 Å². The van der Waals surface area contributed by atoms with E-state index in [9.17, 15) is 0 Å². The number of nitrogens with zero attached hydrogens (tertiary/aromatic N) is 1. The van der Waals surface area contributed by atoms with Crippen LogP contribution in [0.1, 0.15) is 5.56 Å². The predicted octanol–water partition coefficient (Wildman–Crippen LogP) is 2.77. The summed E-state index contributed by atoms with van der Waals surface area (Å²) in [5.74, 6) is 0. The van der Waals surface area contributed by atoms with Crippen molar-refractivity contribution in [2.24, 2.45) is 0 Å². The second-order valence-electron chi connectivity index (χ2n) is 1.98. The maximum Gasteiger partial charge on any atom is 0.0960 e. The maximum atomic E-state index is 5.77. The molecule has 1 aromatic rings. The van der Waals surface area contributed by atoms with E-state index in [1.54, 1.807) is 18.0 Å². The average Bonchev–Trinajstić information content (AvgIpc) is 1.95. The van der Waals surface area contributed by atoms with Gasteiger partial charge in [0.25, 0.3) is 0 Å². The predicted molar refractivity (Wildman–Crippen MR) is 45.8 cm³/mol. The summed E-state index contributed by atoms with van der Waals surface area (Å²) >= 11 is 7.39. The molecule has 0 aromatic carbocycles. The summed E-state index contributed by atoms with van der Waals surface area (Å²) in [4.78, 5) is 4.09. The van der Waals surface area contributed by atoms with Crippen molar-refractivity contribution in [3.63, 3.8) is 0 Å². The van der Waals surface area contributed by atoms with Gasteiger partial charge in [0.15, 0.2) is 0 Å². The minimum atomic E-state index is 0.734. The van der Waals surface area contributed by atoms with Crippen molar-refractivity contribution in [3.8, 4) is 0 Å². The van der Waals surface area contributed by atoms with Crippen LogP contribution in [-0.2, 0) is 0 Å². The smallest absolute Gasteiger partial charge is 0.0960 e. The molecule has 1 rings (SSSR count). The van der Waals surface area contributed by atoms with Gasteiger partial charge in [0, 0.05) is 6.20 Å². The fourth-order valence-electron chi connectivity index (χ4n) is 0.625. The van der Waals surface area contributed by atoms with Crippen LogP contribution in [0.5, 0.6) is 0 Å². The van der Waals surface area contributed by atoms with Crippen molar-refractivity contribution in [1.82, 2.24) is 4.98 Å². The van der Waals surface area contributed by atoms with Gasteiger partial charge in [-0.25, -0.2) is 4.98 Å². The molecule has 54 valence electrons. The molecule has 10 heavy (non-hydrogen) atoms. The third-order valence-corrected chi connectivity index (χ3v) is 2.27. The molecule has 0 amide bonds. The molecule has 0 aliphatic carbocycles. The van der Waals surface area contributed by atoms with Crippen LogP contribution in [0.15, 0.2) is 17.3 Å². The van der Waals surface area contributed by atoms with Crippen LogP contribution in [0.2, 0.25) is 5.02 Å². The average molecular weight is 174 g/mol. The Morgan fingerprint density at radius 1 is 1.60 bits per heavy atom. The molecule has 0 atom stereocenters. The minimum absolute atomic E-state index is 0.734. The zero-order valence-electron chi connectivity index (χ0n) is 5.89. The SMILES string of the molecule is CSc1cc(C)c(Cl)cn1. The van der Waals surface area contributed by atoms with Crippen molar-refractivity contribution < 1.29 is 0 Å². The zero-order valence-corrected chi connectivity index (χ0v) is 7.46. The van der Waals surface area contributed by atoms with Crippen LogP contribution in [0.4, 0.5) is 0 Å². The second kappa shape index (κ2) is 3.26. The van der Waals surface area contributed by atoms with Crippen LogP contribution < -0.4 is 0 Å². The fraction of sp³-hybridized carbons (Fsp3) is 0.286. The zero-order chi connectivity index (χ0) is 7.56. The standard InChI is InChI=1S/C7H8ClNS/c1-5-3-7(10-2)9-4-6(5)8/h3-4H,1-2H3. The molecule has 1 aromatic heterocycles. The van der Waals surface area contributed by atoms with Gasteiger partial charge in [0.1, 0.15) is 0 Å². The lowest BCUT2D eigenvalue weighted by Gasteiger charge is -1.97. The molecular weight excluding hydrogens is 166 g/mol. The summed E-state index contributed by atoms with van der Waals surface area (Å²) in [5, 5.41) is 1.75. The second-order valence-corrected chi connectivity index (χ2v) is 3.21. The van der Waals surface area contributed by atoms with E-state index in [0.717, 1.165) is 15.6 Å². The molecule has 0 aliphatic rings. The normalized spacial score (nSPS) is 9.90. The molecule has 0 N–H and O–H groups in total. The van der Waals surface area contributed by atoms with E-state index in [1.807, 2.05) is 19.2 Å². The lowest BCUT2D eigenvalue weighted by molar-refractivity contribution is 1.12. The van der Waals surface area contributed by atoms with Crippen LogP contribution in [0.3, 0.4) is 0 Å². The molecule has 0 saturated carbocycles. The summed E-state index contributed by atoms with van der Waals surface area (Å²) in [6.45, 7) is 1.98. The van der Waals surface area contributed by atoms with Crippen molar-refractivity contribution in [2.45, 2.75) is 11.9 Å². The van der Waals surface area contributed by atoms with Gasteiger partial charge >= 0.3 is 0 Å². The Morgan fingerprint density at radius 2 is 2.30 bits per heavy atom. The first-order chi connectivity index (χ1) is 4.74. The lowest BCUT2D eigenvalue weighted by Crippen LogP contribution is -1.81. The first-order valence-electron chi connectivity index (χ1n) is 2.90. The van der Waals surface area contributed by atoms with Crippen LogP contribution in [0.25, 0.3) is 0 Å². The van der Waals surface area contributed by atoms with Gasteiger partial charge < -0.3 is 0 Å². The summed E-state index contributed by atoms with van der Waals surface area (Å²) in [6, 6.07) is 1.98. The summed E-state index contributed by atoms with van der Waals surface area (Å²) < 4.78 is 0. The van der Waals surface area contributed by atoms with Gasteiger partial charge in [0.2, 0.25) is 0 Å². The van der Waals surface area contributed by atoms with Crippen LogP contribution in [0, 0.1) is 6.92 Å². The van der Waals surface area contributed by atoms with Gasteiger partial charge in [-0.1, -0.05) is 11.6 Å². The Morgan fingerprint density at radius 3 is 2.80 bits per heavy atom. The third kappa shape index (κ3) is 1.64. The molecule has 0 spiro atoms. The summed E-state index contributed by atoms with van der Waals surface area (Å²) in [5.41, 5.74) is 1.08. The molecule has 0 fully saturated rings. The van der Waals surface area contributed by atoms with E-state index in [-0.39, 0.29) is 0 Å². The Balaban J connectivity index is 3.04. The van der Waals surface area contributed by atoms with Gasteiger partial charge in [0.05, 0.1) is 10.0 Å². The topological polar surface area (TPSA) is 12.9 Å². The first kappa shape index (κ1) is 7.89. The number of halogens is 1. The number of pyridine rings is 1. The van der Waals surface area contributed by atoms with Crippen LogP contribution in [-0.4, -0.2) is 11.2 Å². The Labute approximate surface area is 69.8 Å². The Kier molecular flexibility index (Phi) is 2.57. The monoisotopic (exact) mass is 173 g/mol. The largest absolute Gasteiger partial charge is 0.248 e. The third-order valence-electron chi connectivity index (χ3n) is 1.23. The van der Waals surface area contributed by atoms with Crippen molar-refractivity contribution in [2.75, 3.05) is 6.26 Å². The Bertz CT molecular complexity index is 237. The van der Waals surface area contributed by atoms with Gasteiger partial charge in [-0.15, -0.1) is 11.8 Å². The number of hydrogen-bond acceptors (Lipinski definition) is 2. The molecule has 0 unspecified atom stereocenters. The van der Waals surface area contributed by atoms with E-state index < -0.39 is 0 Å². The number of hydrogen-bond donors (Lipinski definition) is 0. The van der Waals surface area contributed by atoms with Gasteiger partial charge in [-0.05, 0) is 24.8 Å². The molecule has 0 bridgehead atoms. The van der Waals surface area contributed by atoms with Gasteiger partial charge in [-0.3, -0.25) is 0 Å². The number of thioether (sulfide) groups is 1. The highest BCUT2D eigenvalue weighted by molar-refractivity contribution is 7.98. The van der Waals surface area contributed by atoms with Crippen molar-refractivity contribution in [3.05, 3.63) is 22.8 Å². The number of rotatable bonds is 1. The highest BCUT2D eigenvalue weighted by Crippen LogP contribution is 2.18. The fourth-order valence-corrected chi connectivity index (χ4v) is 1.18. The summed E-state index contributed by atoms with van der Waals surface area (Å²) in [6.07, 6.45) is 3.68. The van der Waals surface area contributed by atoms with E-state index in [4.69, 9.17) is 11.6 Å². The van der Waals surface area contributed by atoms with Crippen molar-refractivity contribution in [1.29, 1.82) is 0 Å². The highest BCUT2D eigenvalue weighted by Gasteiger charge is 1.95. The van der Waals surface area contributed by atoms with E-state index >= 15 is 0 Å². The molecule has 3 heteroatoms. The maximum absolute atomic E-state index is 5.77. The number of aromatic nitrogens is 1. The van der Waals surface area contributed by atoms with E-state index in [2.05, 4.69) is 4.98 Å². The molecule has 1 heterocycles. The molecule has 0 saturated heterocycles. The van der Waals surface area contributed by atoms with Gasteiger partial charge in [-0.2, -0.15) is 0 Å². The molecule has 0 radical (unpaired) electrons. The number of aryl methyl sites for hydroxylation is 1. The minimum Gasteiger partial charge on any atom is -0.248 e. The first-order valence-corrected chi connectivity index (χ1v) is 4.50. The van der Waals surface area contributed by atoms with E-state index in [0.29, 0.717) is 0 Å².